The molecule has 5 aromatic heterocycles. The molecule has 0 spiro atoms. The molecule has 27 rings (SSSR count). The van der Waals surface area contributed by atoms with E-state index in [-0.39, 0.29) is 0 Å². The van der Waals surface area contributed by atoms with E-state index in [0.29, 0.717) is 0 Å². The quantitative estimate of drug-likeness (QED) is 0.144. The lowest BCUT2D eigenvalue weighted by molar-refractivity contribution is 0.477. The second-order valence-electron chi connectivity index (χ2n) is 32.3. The summed E-state index contributed by atoms with van der Waals surface area (Å²) in [6.45, 7) is 0. The second-order valence-corrected chi connectivity index (χ2v) is 33.4. The molecule has 0 bridgehead atoms. The highest BCUT2D eigenvalue weighted by atomic mass is 32.2. The average Bonchev–Trinajstić information content (AvgIpc) is 1.51. The summed E-state index contributed by atoms with van der Waals surface area (Å²) in [5.74, 6) is 1.65. The topological polar surface area (TPSA) is 46.8 Å². The number of anilines is 12. The summed E-state index contributed by atoms with van der Waals surface area (Å²) in [6, 6.07) is 160. The van der Waals surface area contributed by atoms with E-state index in [4.69, 9.17) is 4.74 Å². The lowest BCUT2D eigenvalue weighted by atomic mass is 10.0. The monoisotopic (exact) mass is 1620 g/mol. The van der Waals surface area contributed by atoms with Crippen molar-refractivity contribution in [1.29, 1.82) is 0 Å². The zero-order chi connectivity index (χ0) is 81.9. The van der Waals surface area contributed by atoms with Gasteiger partial charge in [0, 0.05) is 115 Å². The van der Waals surface area contributed by atoms with Crippen molar-refractivity contribution in [1.82, 2.24) is 22.8 Å². The molecule has 3 aliphatic heterocycles. The predicted octanol–water partition coefficient (Wildman–Crippen LogP) is 31.6. The third-order valence-corrected chi connectivity index (χ3v) is 26.6. The molecule has 0 saturated carbocycles. The summed E-state index contributed by atoms with van der Waals surface area (Å²) in [5, 5.41) is 12.3. The molecule has 24 aromatic rings. The van der Waals surface area contributed by atoms with Crippen LogP contribution in [-0.4, -0.2) is 22.8 Å². The molecule has 125 heavy (non-hydrogen) atoms. The highest BCUT2D eigenvalue weighted by molar-refractivity contribution is 7.99. The molecule has 3 aliphatic rings. The van der Waals surface area contributed by atoms with Gasteiger partial charge in [0.15, 0.2) is 11.5 Å². The molecular formula is C114H73N9OS. The van der Waals surface area contributed by atoms with Crippen LogP contribution in [-0.2, 0) is 0 Å². The second kappa shape index (κ2) is 28.1. The van der Waals surface area contributed by atoms with E-state index in [1.54, 1.807) is 0 Å². The van der Waals surface area contributed by atoms with Crippen LogP contribution in [0.4, 0.5) is 68.2 Å². The van der Waals surface area contributed by atoms with Crippen LogP contribution in [0.1, 0.15) is 0 Å². The van der Waals surface area contributed by atoms with Crippen molar-refractivity contribution < 1.29 is 4.74 Å². The minimum Gasteiger partial charge on any atom is -0.453 e. The lowest BCUT2D eigenvalue weighted by Gasteiger charge is -2.40. The van der Waals surface area contributed by atoms with Crippen LogP contribution in [0, 0.1) is 0 Å². The van der Waals surface area contributed by atoms with Crippen molar-refractivity contribution in [3.05, 3.63) is 443 Å². The van der Waals surface area contributed by atoms with Crippen LogP contribution in [0.3, 0.4) is 0 Å². The van der Waals surface area contributed by atoms with E-state index in [0.717, 1.165) is 119 Å². The summed E-state index contributed by atoms with van der Waals surface area (Å²) >= 11 is 1.84. The number of rotatable bonds is 9. The Kier molecular flexibility index (Phi) is 15.8. The molecule has 0 fully saturated rings. The molecule has 0 unspecified atom stereocenters. The van der Waals surface area contributed by atoms with Gasteiger partial charge in [-0.05, 0) is 206 Å². The van der Waals surface area contributed by atoms with Crippen molar-refractivity contribution in [2.45, 2.75) is 9.79 Å². The number of hydrogen-bond acceptors (Lipinski definition) is 6. The molecule has 11 heteroatoms. The van der Waals surface area contributed by atoms with Crippen molar-refractivity contribution in [2.24, 2.45) is 0 Å². The highest BCUT2D eigenvalue weighted by Gasteiger charge is 2.34. The molecule has 10 nitrogen and oxygen atoms in total. The van der Waals surface area contributed by atoms with E-state index in [1.165, 1.54) is 108 Å². The molecule has 0 atom stereocenters. The van der Waals surface area contributed by atoms with Crippen LogP contribution in [0.25, 0.3) is 137 Å². The lowest BCUT2D eigenvalue weighted by Crippen LogP contribution is -2.24. The van der Waals surface area contributed by atoms with E-state index in [9.17, 15) is 0 Å². The Balaban J connectivity index is 0.000000134. The smallest absolute Gasteiger partial charge is 0.153 e. The molecule has 0 saturated heterocycles. The van der Waals surface area contributed by atoms with Gasteiger partial charge in [0.2, 0.25) is 0 Å². The SMILES string of the molecule is c1ccc(N2c3ccccc3N(c3ccccc3)c3cc(-n4c5ccccc5c5c4ccc4c6ccccc6n(-c6ccc7c(c6)c6ccccc6n7-c6ccccc6)c45)ccc32)cc1.c1ccc(N2c3ccccc3Oc3cc(-n4c5ccccc5c5c4ccc4c6ccccc6n(-c6ccc7c(c6)Sc6ccccc6N7c6ccccc6)c45)ccc32)cc1. The summed E-state index contributed by atoms with van der Waals surface area (Å²) in [7, 11) is 0. The molecule has 0 amide bonds. The van der Waals surface area contributed by atoms with Crippen LogP contribution in [0.15, 0.2) is 453 Å². The number of benzene rings is 19. The van der Waals surface area contributed by atoms with Gasteiger partial charge in [-0.1, -0.05) is 242 Å². The number of para-hydroxylation sites is 15. The van der Waals surface area contributed by atoms with Gasteiger partial charge >= 0.3 is 0 Å². The largest absolute Gasteiger partial charge is 0.453 e. The number of aromatic nitrogens is 5. The molecule has 0 radical (unpaired) electrons. The Morgan fingerprint density at radius 3 is 1.02 bits per heavy atom. The summed E-state index contributed by atoms with van der Waals surface area (Å²) in [5.41, 5.74) is 30.7. The minimum atomic E-state index is 0.814. The summed E-state index contributed by atoms with van der Waals surface area (Å²) in [6.07, 6.45) is 0. The Labute approximate surface area is 723 Å². The van der Waals surface area contributed by atoms with Gasteiger partial charge < -0.3 is 47.2 Å². The average molecular weight is 1620 g/mol. The van der Waals surface area contributed by atoms with Crippen LogP contribution in [0.2, 0.25) is 0 Å². The highest BCUT2D eigenvalue weighted by Crippen LogP contribution is 2.58. The molecule has 8 heterocycles. The zero-order valence-electron chi connectivity index (χ0n) is 67.5. The molecule has 0 N–H and O–H groups in total. The zero-order valence-corrected chi connectivity index (χ0v) is 68.3. The van der Waals surface area contributed by atoms with Crippen molar-refractivity contribution in [3.63, 3.8) is 0 Å². The Hall–Kier alpha value is -16.5. The first-order valence-electron chi connectivity index (χ1n) is 42.5. The first-order chi connectivity index (χ1) is 62.1. The van der Waals surface area contributed by atoms with Crippen LogP contribution in [0.5, 0.6) is 11.5 Å². The van der Waals surface area contributed by atoms with Gasteiger partial charge in [-0.15, -0.1) is 0 Å². The van der Waals surface area contributed by atoms with Crippen molar-refractivity contribution in [3.8, 4) is 39.9 Å². The maximum atomic E-state index is 6.72. The van der Waals surface area contributed by atoms with Gasteiger partial charge in [-0.3, -0.25) is 0 Å². The number of nitrogens with zero attached hydrogens (tertiary/aromatic N) is 9. The first kappa shape index (κ1) is 70.4. The normalized spacial score (nSPS) is 12.8. The van der Waals surface area contributed by atoms with E-state index in [1.807, 2.05) is 23.9 Å². The van der Waals surface area contributed by atoms with E-state index >= 15 is 0 Å². The maximum absolute atomic E-state index is 6.72. The van der Waals surface area contributed by atoms with Gasteiger partial charge in [0.1, 0.15) is 0 Å². The molecular weight excluding hydrogens is 1540 g/mol. The molecule has 0 aliphatic carbocycles. The number of hydrogen-bond donors (Lipinski definition) is 0. The Bertz CT molecular complexity index is 8520. The Morgan fingerprint density at radius 2 is 0.480 bits per heavy atom. The van der Waals surface area contributed by atoms with Crippen LogP contribution < -0.4 is 24.3 Å². The minimum absolute atomic E-state index is 0.814. The van der Waals surface area contributed by atoms with E-state index in [2.05, 4.69) is 473 Å². The third kappa shape index (κ3) is 10.8. The maximum Gasteiger partial charge on any atom is 0.153 e. The summed E-state index contributed by atoms with van der Waals surface area (Å²) in [4.78, 5) is 12.0. The Morgan fingerprint density at radius 1 is 0.160 bits per heavy atom. The molecule has 586 valence electrons. The van der Waals surface area contributed by atoms with E-state index < -0.39 is 0 Å². The first-order valence-corrected chi connectivity index (χ1v) is 43.4. The van der Waals surface area contributed by atoms with Gasteiger partial charge in [-0.2, -0.15) is 0 Å². The predicted molar refractivity (Wildman–Crippen MR) is 521 cm³/mol. The fraction of sp³-hybridized carbons (Fsp3) is 0. The van der Waals surface area contributed by atoms with Gasteiger partial charge in [-0.25, -0.2) is 0 Å². The summed E-state index contributed by atoms with van der Waals surface area (Å²) < 4.78 is 19.0. The number of fused-ring (bicyclic) bond motifs is 23. The number of ether oxygens (including phenoxy) is 1. The van der Waals surface area contributed by atoms with Gasteiger partial charge in [0.05, 0.1) is 106 Å². The molecule has 19 aromatic carbocycles. The fourth-order valence-corrected chi connectivity index (χ4v) is 21.5. The van der Waals surface area contributed by atoms with Crippen LogP contribution >= 0.6 is 11.8 Å². The van der Waals surface area contributed by atoms with Crippen molar-refractivity contribution >= 4 is 189 Å². The third-order valence-electron chi connectivity index (χ3n) is 25.5. The fourth-order valence-electron chi connectivity index (χ4n) is 20.4. The van der Waals surface area contributed by atoms with Crippen molar-refractivity contribution in [2.75, 3.05) is 19.6 Å². The standard InChI is InChI=1S/C60H39N5.C54H34N4OS/c1-4-18-40(19-5-1)61-50-27-13-11-25-46(50)49-38-43(32-35-53(49)61)65-51-28-14-10-24-45(51)47-34-37-57-59(60(47)65)48-26-12-15-29-52(48)64(57)44-33-36-56-58(39-44)63(42-22-8-3-9-23-42)55-31-17-16-30-54(55)62(56)41-20-6-2-7-21-41;1-3-15-35(16-4-1)55-44-23-11-13-25-49(44)59-50-33-37(27-30-45(50)55)57-43-22-10-8-20-41(43)53-48(57)32-29-40-39-19-7-9-21-42(39)58(54(40)53)38-28-31-47-52(34-38)60-51-26-14-12-24-46(51)56(47)36-17-5-2-6-18-36/h1-39H;1-34H. The van der Waals surface area contributed by atoms with Gasteiger partial charge in [0.25, 0.3) is 0 Å².